The second-order valence-electron chi connectivity index (χ2n) is 4.80. The summed E-state index contributed by atoms with van der Waals surface area (Å²) in [6.07, 6.45) is 3.25. The Balaban J connectivity index is 2.48. The first-order chi connectivity index (χ1) is 8.60. The molecule has 98 valence electrons. The van der Waals surface area contributed by atoms with Crippen LogP contribution in [0, 0.1) is 0 Å². The van der Waals surface area contributed by atoms with Crippen LogP contribution < -0.4 is 0 Å². The van der Waals surface area contributed by atoms with E-state index in [1.807, 2.05) is 18.2 Å². The lowest BCUT2D eigenvalue weighted by atomic mass is 9.90. The molecule has 0 atom stereocenters. The maximum Gasteiger partial charge on any atom is 0.153 e. The molecule has 2 nitrogen and oxygen atoms in total. The van der Waals surface area contributed by atoms with Gasteiger partial charge in [0.2, 0.25) is 0 Å². The highest BCUT2D eigenvalue weighted by Gasteiger charge is 2.31. The number of hydrogen-bond donors (Lipinski definition) is 1. The summed E-state index contributed by atoms with van der Waals surface area (Å²) < 4.78 is 5.79. The van der Waals surface area contributed by atoms with Gasteiger partial charge in [0.15, 0.2) is 5.58 Å². The highest BCUT2D eigenvalue weighted by atomic mass is 35.5. The third kappa shape index (κ3) is 2.40. The van der Waals surface area contributed by atoms with Crippen LogP contribution in [0.3, 0.4) is 0 Å². The van der Waals surface area contributed by atoms with Gasteiger partial charge < -0.3 is 9.52 Å². The van der Waals surface area contributed by atoms with Crippen LogP contribution in [0.4, 0.5) is 0 Å². The number of benzene rings is 1. The van der Waals surface area contributed by atoms with Crippen molar-refractivity contribution in [3.63, 3.8) is 0 Å². The van der Waals surface area contributed by atoms with Gasteiger partial charge in [0, 0.05) is 5.39 Å². The average molecular weight is 267 g/mol. The molecule has 2 aromatic rings. The molecule has 18 heavy (non-hydrogen) atoms. The van der Waals surface area contributed by atoms with Gasteiger partial charge >= 0.3 is 0 Å². The number of aliphatic hydroxyl groups is 1. The van der Waals surface area contributed by atoms with Crippen LogP contribution in [0.25, 0.3) is 11.0 Å². The molecule has 0 aliphatic rings. The van der Waals surface area contributed by atoms with Gasteiger partial charge in [0.1, 0.15) is 11.4 Å². The fourth-order valence-electron chi connectivity index (χ4n) is 2.46. The van der Waals surface area contributed by atoms with E-state index in [0.29, 0.717) is 29.2 Å². The molecule has 0 saturated heterocycles. The molecular weight excluding hydrogens is 248 g/mol. The molecule has 1 aromatic carbocycles. The summed E-state index contributed by atoms with van der Waals surface area (Å²) in [7, 11) is 0. The first-order valence-corrected chi connectivity index (χ1v) is 6.89. The highest BCUT2D eigenvalue weighted by Crippen LogP contribution is 2.37. The minimum Gasteiger partial charge on any atom is -0.456 e. The highest BCUT2D eigenvalue weighted by molar-refractivity contribution is 6.34. The van der Waals surface area contributed by atoms with Crippen molar-refractivity contribution in [1.29, 1.82) is 0 Å². The lowest BCUT2D eigenvalue weighted by Gasteiger charge is -2.24. The summed E-state index contributed by atoms with van der Waals surface area (Å²) in [6.45, 7) is 4.13. The smallest absolute Gasteiger partial charge is 0.153 e. The molecule has 1 aromatic heterocycles. The Bertz CT molecular complexity index is 524. The van der Waals surface area contributed by atoms with Crippen molar-refractivity contribution in [3.05, 3.63) is 35.0 Å². The topological polar surface area (TPSA) is 33.4 Å². The first kappa shape index (κ1) is 13.4. The lowest BCUT2D eigenvalue weighted by Crippen LogP contribution is -2.24. The SMILES string of the molecule is CCCC(O)(CCC)c1cc2cccc(Cl)c2o1. The number of furan rings is 1. The van der Waals surface area contributed by atoms with Crippen molar-refractivity contribution in [3.8, 4) is 0 Å². The van der Waals surface area contributed by atoms with Crippen molar-refractivity contribution >= 4 is 22.6 Å². The second-order valence-corrected chi connectivity index (χ2v) is 5.21. The van der Waals surface area contributed by atoms with E-state index < -0.39 is 5.60 Å². The van der Waals surface area contributed by atoms with Gasteiger partial charge in [-0.2, -0.15) is 0 Å². The molecule has 0 amide bonds. The Morgan fingerprint density at radius 3 is 2.44 bits per heavy atom. The van der Waals surface area contributed by atoms with E-state index in [2.05, 4.69) is 13.8 Å². The van der Waals surface area contributed by atoms with Gasteiger partial charge in [0.05, 0.1) is 5.02 Å². The van der Waals surface area contributed by atoms with Gasteiger partial charge in [-0.25, -0.2) is 0 Å². The van der Waals surface area contributed by atoms with Gasteiger partial charge in [-0.1, -0.05) is 50.4 Å². The predicted octanol–water partition coefficient (Wildman–Crippen LogP) is 4.87. The van der Waals surface area contributed by atoms with Crippen LogP contribution in [-0.4, -0.2) is 5.11 Å². The van der Waals surface area contributed by atoms with Crippen molar-refractivity contribution in [2.75, 3.05) is 0 Å². The van der Waals surface area contributed by atoms with Crippen molar-refractivity contribution < 1.29 is 9.52 Å². The van der Waals surface area contributed by atoms with E-state index in [1.165, 1.54) is 0 Å². The minimum absolute atomic E-state index is 0.592. The molecule has 0 fully saturated rings. The zero-order valence-corrected chi connectivity index (χ0v) is 11.6. The molecule has 0 aliphatic heterocycles. The predicted molar refractivity (Wildman–Crippen MR) is 74.9 cm³/mol. The summed E-state index contributed by atoms with van der Waals surface area (Å²) in [5.41, 5.74) is -0.203. The van der Waals surface area contributed by atoms with E-state index >= 15 is 0 Å². The van der Waals surface area contributed by atoms with E-state index in [-0.39, 0.29) is 0 Å². The van der Waals surface area contributed by atoms with Crippen LogP contribution >= 0.6 is 11.6 Å². The minimum atomic E-state index is -0.869. The van der Waals surface area contributed by atoms with Crippen molar-refractivity contribution in [1.82, 2.24) is 0 Å². The number of para-hydroxylation sites is 1. The molecule has 0 bridgehead atoms. The molecule has 0 saturated carbocycles. The molecule has 0 unspecified atom stereocenters. The maximum absolute atomic E-state index is 10.7. The van der Waals surface area contributed by atoms with Crippen LogP contribution in [0.15, 0.2) is 28.7 Å². The molecule has 1 heterocycles. The molecule has 1 N–H and O–H groups in total. The van der Waals surface area contributed by atoms with Crippen molar-refractivity contribution in [2.24, 2.45) is 0 Å². The van der Waals surface area contributed by atoms with E-state index in [0.717, 1.165) is 18.2 Å². The quantitative estimate of drug-likeness (QED) is 0.837. The van der Waals surface area contributed by atoms with Gasteiger partial charge in [-0.05, 0) is 25.0 Å². The Morgan fingerprint density at radius 2 is 1.89 bits per heavy atom. The summed E-state index contributed by atoms with van der Waals surface area (Å²) in [4.78, 5) is 0. The Morgan fingerprint density at radius 1 is 1.22 bits per heavy atom. The summed E-state index contributed by atoms with van der Waals surface area (Å²) >= 11 is 6.10. The fraction of sp³-hybridized carbons (Fsp3) is 0.467. The van der Waals surface area contributed by atoms with Crippen LogP contribution in [0.5, 0.6) is 0 Å². The molecular formula is C15H19ClO2. The second kappa shape index (κ2) is 5.33. The number of hydrogen-bond acceptors (Lipinski definition) is 2. The fourth-order valence-corrected chi connectivity index (χ4v) is 2.68. The van der Waals surface area contributed by atoms with E-state index in [4.69, 9.17) is 16.0 Å². The van der Waals surface area contributed by atoms with Gasteiger partial charge in [-0.15, -0.1) is 0 Å². The zero-order valence-electron chi connectivity index (χ0n) is 10.9. The maximum atomic E-state index is 10.7. The third-order valence-electron chi connectivity index (χ3n) is 3.28. The molecule has 0 aliphatic carbocycles. The molecule has 0 spiro atoms. The normalized spacial score (nSPS) is 12.2. The monoisotopic (exact) mass is 266 g/mol. The largest absolute Gasteiger partial charge is 0.456 e. The molecule has 0 radical (unpaired) electrons. The van der Waals surface area contributed by atoms with Crippen molar-refractivity contribution in [2.45, 2.75) is 45.1 Å². The van der Waals surface area contributed by atoms with Crippen LogP contribution in [0.1, 0.15) is 45.3 Å². The Hall–Kier alpha value is -0.990. The number of halogens is 1. The average Bonchev–Trinajstić information content (AvgIpc) is 2.75. The summed E-state index contributed by atoms with van der Waals surface area (Å²) in [5, 5.41) is 12.3. The van der Waals surface area contributed by atoms with Gasteiger partial charge in [-0.3, -0.25) is 0 Å². The number of rotatable bonds is 5. The molecule has 3 heteroatoms. The number of fused-ring (bicyclic) bond motifs is 1. The van der Waals surface area contributed by atoms with Crippen LogP contribution in [0.2, 0.25) is 5.02 Å². The third-order valence-corrected chi connectivity index (χ3v) is 3.58. The first-order valence-electron chi connectivity index (χ1n) is 6.51. The standard InChI is InChI=1S/C15H19ClO2/c1-3-8-15(17,9-4-2)13-10-11-6-5-7-12(16)14(11)18-13/h5-7,10,17H,3-4,8-9H2,1-2H3. The van der Waals surface area contributed by atoms with E-state index in [1.54, 1.807) is 6.07 Å². The molecule has 2 rings (SSSR count). The Kier molecular flexibility index (Phi) is 3.98. The van der Waals surface area contributed by atoms with Gasteiger partial charge in [0.25, 0.3) is 0 Å². The summed E-state index contributed by atoms with van der Waals surface area (Å²) in [5.74, 6) is 0.634. The summed E-state index contributed by atoms with van der Waals surface area (Å²) in [6, 6.07) is 7.55. The Labute approximate surface area is 113 Å². The lowest BCUT2D eigenvalue weighted by molar-refractivity contribution is -0.00230. The van der Waals surface area contributed by atoms with E-state index in [9.17, 15) is 5.11 Å². The van der Waals surface area contributed by atoms with Crippen LogP contribution in [-0.2, 0) is 5.60 Å². The zero-order chi connectivity index (χ0) is 13.2.